The predicted molar refractivity (Wildman–Crippen MR) is 84.9 cm³/mol. The number of carbonyl (C=O) groups is 2. The number of allylic oxidation sites excluding steroid dienone is 1. The minimum Gasteiger partial charge on any atom is -0.480 e. The van der Waals surface area contributed by atoms with E-state index in [1.165, 1.54) is 6.33 Å². The molecule has 2 rings (SSSR count). The fourth-order valence-electron chi connectivity index (χ4n) is 2.77. The average molecular weight is 321 g/mol. The molecular formula is C15H23N5O3. The van der Waals surface area contributed by atoms with Crippen molar-refractivity contribution in [2.45, 2.75) is 52.1 Å². The van der Waals surface area contributed by atoms with Crippen molar-refractivity contribution in [3.05, 3.63) is 17.6 Å². The van der Waals surface area contributed by atoms with Crippen molar-refractivity contribution in [2.75, 3.05) is 11.9 Å². The van der Waals surface area contributed by atoms with Crippen molar-refractivity contribution >= 4 is 17.8 Å². The predicted octanol–water partition coefficient (Wildman–Crippen LogP) is 1.32. The second kappa shape index (κ2) is 6.80. The number of unbranched alkanes of at least 4 members (excludes halogenated alkanes) is 1. The van der Waals surface area contributed by atoms with E-state index in [1.54, 1.807) is 16.6 Å². The Bertz CT molecular complexity index is 637. The van der Waals surface area contributed by atoms with E-state index < -0.39 is 12.0 Å². The van der Waals surface area contributed by atoms with E-state index >= 15 is 0 Å². The van der Waals surface area contributed by atoms with Crippen LogP contribution >= 0.6 is 0 Å². The van der Waals surface area contributed by atoms with Crippen LogP contribution < -0.4 is 10.2 Å². The van der Waals surface area contributed by atoms with Crippen molar-refractivity contribution in [3.63, 3.8) is 0 Å². The first kappa shape index (κ1) is 17.0. The number of hydrogen-bond donors (Lipinski definition) is 2. The molecule has 0 fully saturated rings. The molecule has 1 aromatic heterocycles. The zero-order valence-electron chi connectivity index (χ0n) is 13.9. The Morgan fingerprint density at radius 3 is 2.78 bits per heavy atom. The van der Waals surface area contributed by atoms with Crippen molar-refractivity contribution in [2.24, 2.45) is 0 Å². The molecule has 0 aliphatic carbocycles. The molecule has 2 atom stereocenters. The van der Waals surface area contributed by atoms with Gasteiger partial charge in [-0.3, -0.25) is 4.79 Å². The molecule has 1 amide bonds. The zero-order valence-corrected chi connectivity index (χ0v) is 13.9. The lowest BCUT2D eigenvalue weighted by Gasteiger charge is -2.32. The van der Waals surface area contributed by atoms with Gasteiger partial charge in [0, 0.05) is 12.7 Å². The molecule has 23 heavy (non-hydrogen) atoms. The topological polar surface area (TPSA) is 100 Å². The summed E-state index contributed by atoms with van der Waals surface area (Å²) in [5.74, 6) is -0.720. The molecule has 0 bridgehead atoms. The second-order valence-electron chi connectivity index (χ2n) is 5.75. The molecule has 0 spiro atoms. The monoisotopic (exact) mass is 321 g/mol. The molecule has 8 heteroatoms. The maximum Gasteiger partial charge on any atom is 0.326 e. The van der Waals surface area contributed by atoms with Gasteiger partial charge in [-0.2, -0.15) is 10.1 Å². The van der Waals surface area contributed by atoms with Crippen LogP contribution in [0.25, 0.3) is 0 Å². The quantitative estimate of drug-likeness (QED) is 0.819. The number of nitrogens with one attached hydrogen (secondary N) is 1. The number of carbonyl (C=O) groups excluding carboxylic acids is 1. The van der Waals surface area contributed by atoms with E-state index in [-0.39, 0.29) is 11.9 Å². The SMILES string of the molecule is CCCC[C@H](NC(=O)C1=C(C)N(C)c2ncnn2C1C)C(=O)O. The fraction of sp³-hybridized carbons (Fsp3) is 0.600. The molecule has 0 radical (unpaired) electrons. The molecule has 1 aliphatic heterocycles. The Morgan fingerprint density at radius 1 is 1.48 bits per heavy atom. The fourth-order valence-corrected chi connectivity index (χ4v) is 2.77. The third-order valence-electron chi connectivity index (χ3n) is 4.23. The Labute approximate surface area is 135 Å². The van der Waals surface area contributed by atoms with Gasteiger partial charge < -0.3 is 15.3 Å². The summed E-state index contributed by atoms with van der Waals surface area (Å²) in [5, 5.41) is 16.1. The number of carboxylic acids is 1. The summed E-state index contributed by atoms with van der Waals surface area (Å²) in [6, 6.07) is -1.18. The number of amides is 1. The highest BCUT2D eigenvalue weighted by molar-refractivity contribution is 5.98. The molecule has 126 valence electrons. The highest BCUT2D eigenvalue weighted by Gasteiger charge is 2.33. The molecule has 0 saturated heterocycles. The lowest BCUT2D eigenvalue weighted by Crippen LogP contribution is -2.44. The number of rotatable bonds is 6. The zero-order chi connectivity index (χ0) is 17.1. The van der Waals surface area contributed by atoms with E-state index in [2.05, 4.69) is 15.4 Å². The standard InChI is InChI=1S/C15H23N5O3/c1-5-6-7-11(14(22)23)18-13(21)12-9(2)19(4)15-16-8-17-20(15)10(12)3/h8,10-11H,5-7H2,1-4H3,(H,18,21)(H,22,23)/t10?,11-/m0/s1. The van der Waals surface area contributed by atoms with Crippen molar-refractivity contribution in [1.82, 2.24) is 20.1 Å². The van der Waals surface area contributed by atoms with Crippen molar-refractivity contribution in [3.8, 4) is 0 Å². The van der Waals surface area contributed by atoms with Crippen LogP contribution in [-0.2, 0) is 9.59 Å². The highest BCUT2D eigenvalue weighted by atomic mass is 16.4. The van der Waals surface area contributed by atoms with E-state index in [0.717, 1.165) is 18.5 Å². The van der Waals surface area contributed by atoms with Crippen LogP contribution in [-0.4, -0.2) is 44.8 Å². The van der Waals surface area contributed by atoms with Crippen LogP contribution in [0.1, 0.15) is 46.1 Å². The summed E-state index contributed by atoms with van der Waals surface area (Å²) in [7, 11) is 1.81. The summed E-state index contributed by atoms with van der Waals surface area (Å²) in [5.41, 5.74) is 1.25. The van der Waals surface area contributed by atoms with E-state index in [9.17, 15) is 14.7 Å². The number of fused-ring (bicyclic) bond motifs is 1. The lowest BCUT2D eigenvalue weighted by molar-refractivity contribution is -0.141. The summed E-state index contributed by atoms with van der Waals surface area (Å²) >= 11 is 0. The van der Waals surface area contributed by atoms with Gasteiger partial charge in [-0.05, 0) is 20.3 Å². The van der Waals surface area contributed by atoms with Gasteiger partial charge in [0.05, 0.1) is 11.6 Å². The minimum absolute atomic E-state index is 0.302. The molecule has 1 aliphatic rings. The number of hydrogen-bond acceptors (Lipinski definition) is 5. The number of nitrogens with zero attached hydrogens (tertiary/aromatic N) is 4. The van der Waals surface area contributed by atoms with Gasteiger partial charge in [-0.25, -0.2) is 9.48 Å². The van der Waals surface area contributed by atoms with Crippen LogP contribution in [0, 0.1) is 0 Å². The Balaban J connectivity index is 2.23. The maximum absolute atomic E-state index is 12.7. The lowest BCUT2D eigenvalue weighted by atomic mass is 10.0. The van der Waals surface area contributed by atoms with Gasteiger partial charge in [-0.1, -0.05) is 19.8 Å². The van der Waals surface area contributed by atoms with E-state index in [0.29, 0.717) is 17.9 Å². The van der Waals surface area contributed by atoms with Crippen LogP contribution in [0.4, 0.5) is 5.95 Å². The van der Waals surface area contributed by atoms with Crippen molar-refractivity contribution in [1.29, 1.82) is 0 Å². The average Bonchev–Trinajstić information content (AvgIpc) is 2.99. The first-order chi connectivity index (χ1) is 10.9. The van der Waals surface area contributed by atoms with Gasteiger partial charge >= 0.3 is 5.97 Å². The highest BCUT2D eigenvalue weighted by Crippen LogP contribution is 2.32. The van der Waals surface area contributed by atoms with Gasteiger partial charge in [0.15, 0.2) is 0 Å². The number of aromatic nitrogens is 3. The number of carboxylic acid groups (broad SMARTS) is 1. The molecule has 2 heterocycles. The molecule has 8 nitrogen and oxygen atoms in total. The first-order valence-electron chi connectivity index (χ1n) is 7.76. The normalized spacial score (nSPS) is 18.6. The Morgan fingerprint density at radius 2 is 2.17 bits per heavy atom. The Kier molecular flexibility index (Phi) is 5.02. The van der Waals surface area contributed by atoms with Gasteiger partial charge in [0.25, 0.3) is 5.91 Å². The van der Waals surface area contributed by atoms with Crippen molar-refractivity contribution < 1.29 is 14.7 Å². The minimum atomic E-state index is -1.01. The second-order valence-corrected chi connectivity index (χ2v) is 5.75. The van der Waals surface area contributed by atoms with Crippen LogP contribution in [0.2, 0.25) is 0 Å². The molecule has 1 unspecified atom stereocenters. The molecule has 1 aromatic rings. The third kappa shape index (κ3) is 3.20. The van der Waals surface area contributed by atoms with Gasteiger partial charge in [0.2, 0.25) is 5.95 Å². The third-order valence-corrected chi connectivity index (χ3v) is 4.23. The smallest absolute Gasteiger partial charge is 0.326 e. The van der Waals surface area contributed by atoms with E-state index in [4.69, 9.17) is 0 Å². The molecular weight excluding hydrogens is 298 g/mol. The molecule has 2 N–H and O–H groups in total. The molecule has 0 saturated carbocycles. The first-order valence-corrected chi connectivity index (χ1v) is 7.76. The summed E-state index contributed by atoms with van der Waals surface area (Å²) in [6.45, 7) is 5.66. The maximum atomic E-state index is 12.7. The van der Waals surface area contributed by atoms with Crippen LogP contribution in [0.3, 0.4) is 0 Å². The number of anilines is 1. The summed E-state index contributed by atoms with van der Waals surface area (Å²) in [6.07, 6.45) is 3.49. The number of aliphatic carboxylic acids is 1. The van der Waals surface area contributed by atoms with Gasteiger partial charge in [-0.15, -0.1) is 0 Å². The summed E-state index contributed by atoms with van der Waals surface area (Å²) in [4.78, 5) is 30.0. The largest absolute Gasteiger partial charge is 0.480 e. The van der Waals surface area contributed by atoms with Crippen LogP contribution in [0.5, 0.6) is 0 Å². The molecule has 0 aromatic carbocycles. The summed E-state index contributed by atoms with van der Waals surface area (Å²) < 4.78 is 1.66. The van der Waals surface area contributed by atoms with E-state index in [1.807, 2.05) is 20.8 Å². The Hall–Kier alpha value is -2.38. The van der Waals surface area contributed by atoms with Gasteiger partial charge in [0.1, 0.15) is 12.4 Å². The van der Waals surface area contributed by atoms with Crippen LogP contribution in [0.15, 0.2) is 17.6 Å².